The van der Waals surface area contributed by atoms with Crippen LogP contribution in [-0.2, 0) is 31.8 Å². The molecular formula is C33H39NO6. The van der Waals surface area contributed by atoms with Gasteiger partial charge in [0.05, 0.1) is 6.61 Å². The molecule has 0 saturated carbocycles. The highest BCUT2D eigenvalue weighted by Gasteiger charge is 2.48. The van der Waals surface area contributed by atoms with E-state index in [4.69, 9.17) is 14.2 Å². The fourth-order valence-corrected chi connectivity index (χ4v) is 4.34. The number of aromatic hydroxyl groups is 1. The van der Waals surface area contributed by atoms with Gasteiger partial charge in [0, 0.05) is 26.4 Å². The van der Waals surface area contributed by atoms with Gasteiger partial charge in [-0.1, -0.05) is 91.0 Å². The lowest BCUT2D eigenvalue weighted by atomic mass is 9.85. The summed E-state index contributed by atoms with van der Waals surface area (Å²) in [6.07, 6.45) is 3.73. The summed E-state index contributed by atoms with van der Waals surface area (Å²) >= 11 is 0. The number of rotatable bonds is 12. The normalized spacial score (nSPS) is 13.0. The van der Waals surface area contributed by atoms with E-state index in [9.17, 15) is 14.7 Å². The Balaban J connectivity index is 2.03. The van der Waals surface area contributed by atoms with Crippen molar-refractivity contribution in [3.8, 4) is 5.75 Å². The van der Waals surface area contributed by atoms with Crippen molar-refractivity contribution >= 4 is 18.1 Å². The molecule has 3 rings (SSSR count). The second-order valence-electron chi connectivity index (χ2n) is 10.6. The van der Waals surface area contributed by atoms with Gasteiger partial charge in [-0.25, -0.2) is 9.59 Å². The molecule has 0 fully saturated rings. The third-order valence-corrected chi connectivity index (χ3v) is 6.27. The molecule has 0 heterocycles. The van der Waals surface area contributed by atoms with Crippen molar-refractivity contribution < 1.29 is 28.9 Å². The maximum Gasteiger partial charge on any atom is 0.413 e. The molecule has 0 aromatic heterocycles. The third kappa shape index (κ3) is 8.71. The molecule has 0 unspecified atom stereocenters. The van der Waals surface area contributed by atoms with Gasteiger partial charge in [-0.3, -0.25) is 4.90 Å². The van der Waals surface area contributed by atoms with E-state index in [0.717, 1.165) is 11.1 Å². The first-order chi connectivity index (χ1) is 19.1. The highest BCUT2D eigenvalue weighted by molar-refractivity contribution is 5.87. The third-order valence-electron chi connectivity index (χ3n) is 6.27. The molecular weight excluding hydrogens is 506 g/mol. The van der Waals surface area contributed by atoms with Crippen LogP contribution in [0.15, 0.2) is 91.0 Å². The van der Waals surface area contributed by atoms with Crippen LogP contribution in [0.25, 0.3) is 6.08 Å². The standard InChI is InChI=1S/C33H39NO6/c1-32(2,3)40-31(37)34(25-38-4)33(24-27-16-9-6-10-17-27,22-13-18-26-14-7-5-8-15-26)30(36)39-23-21-28-19-11-12-20-29(28)35/h5-20,35H,21-25H2,1-4H3/t33-/m0/s1. The van der Waals surface area contributed by atoms with Gasteiger partial charge in [0.15, 0.2) is 5.54 Å². The molecule has 1 atom stereocenters. The fourth-order valence-electron chi connectivity index (χ4n) is 4.34. The highest BCUT2D eigenvalue weighted by atomic mass is 16.6. The average molecular weight is 546 g/mol. The summed E-state index contributed by atoms with van der Waals surface area (Å²) in [7, 11) is 1.47. The highest BCUT2D eigenvalue weighted by Crippen LogP contribution is 2.31. The predicted octanol–water partition coefficient (Wildman–Crippen LogP) is 6.40. The number of esters is 1. The van der Waals surface area contributed by atoms with Gasteiger partial charge in [-0.15, -0.1) is 0 Å². The Morgan fingerprint density at radius 1 is 0.900 bits per heavy atom. The van der Waals surface area contributed by atoms with Gasteiger partial charge < -0.3 is 19.3 Å². The van der Waals surface area contributed by atoms with E-state index >= 15 is 0 Å². The summed E-state index contributed by atoms with van der Waals surface area (Å²) < 4.78 is 17.1. The van der Waals surface area contributed by atoms with E-state index in [1.54, 1.807) is 39.0 Å². The predicted molar refractivity (Wildman–Crippen MR) is 156 cm³/mol. The lowest BCUT2D eigenvalue weighted by molar-refractivity contribution is -0.161. The smallest absolute Gasteiger partial charge is 0.413 e. The lowest BCUT2D eigenvalue weighted by Gasteiger charge is -2.41. The van der Waals surface area contributed by atoms with Gasteiger partial charge in [0.25, 0.3) is 0 Å². The minimum Gasteiger partial charge on any atom is -0.508 e. The number of ether oxygens (including phenoxy) is 3. The largest absolute Gasteiger partial charge is 0.508 e. The van der Waals surface area contributed by atoms with Crippen molar-refractivity contribution in [3.63, 3.8) is 0 Å². The second-order valence-corrected chi connectivity index (χ2v) is 10.6. The Hall–Kier alpha value is -4.10. The first-order valence-corrected chi connectivity index (χ1v) is 13.3. The Morgan fingerprint density at radius 3 is 2.15 bits per heavy atom. The zero-order valence-corrected chi connectivity index (χ0v) is 23.7. The number of methoxy groups -OCH3 is 1. The number of phenolic OH excluding ortho intramolecular Hbond substituents is 1. The van der Waals surface area contributed by atoms with E-state index in [-0.39, 0.29) is 31.9 Å². The molecule has 0 bridgehead atoms. The van der Waals surface area contributed by atoms with E-state index in [0.29, 0.717) is 12.0 Å². The number of carbonyl (C=O) groups excluding carboxylic acids is 2. The zero-order chi connectivity index (χ0) is 29.0. The Labute approximate surface area is 237 Å². The molecule has 3 aromatic carbocycles. The number of hydrogen-bond donors (Lipinski definition) is 1. The van der Waals surface area contributed by atoms with Crippen LogP contribution in [0.2, 0.25) is 0 Å². The molecule has 40 heavy (non-hydrogen) atoms. The first-order valence-electron chi connectivity index (χ1n) is 13.3. The number of carbonyl (C=O) groups is 2. The number of benzene rings is 3. The Kier molecular flexibility index (Phi) is 10.9. The van der Waals surface area contributed by atoms with E-state index in [1.165, 1.54) is 12.0 Å². The molecule has 212 valence electrons. The van der Waals surface area contributed by atoms with Crippen molar-refractivity contribution in [2.24, 2.45) is 0 Å². The van der Waals surface area contributed by atoms with Crippen LogP contribution in [0, 0.1) is 0 Å². The lowest BCUT2D eigenvalue weighted by Crippen LogP contribution is -2.60. The number of para-hydroxylation sites is 1. The summed E-state index contributed by atoms with van der Waals surface area (Å²) in [6, 6.07) is 26.1. The second kappa shape index (κ2) is 14.3. The van der Waals surface area contributed by atoms with Crippen LogP contribution in [0.1, 0.15) is 43.9 Å². The van der Waals surface area contributed by atoms with Crippen LogP contribution >= 0.6 is 0 Å². The summed E-state index contributed by atoms with van der Waals surface area (Å²) in [6.45, 7) is 5.15. The van der Waals surface area contributed by atoms with Gasteiger partial charge in [-0.05, 0) is 43.5 Å². The maximum atomic E-state index is 14.1. The Bertz CT molecular complexity index is 1250. The van der Waals surface area contributed by atoms with E-state index < -0.39 is 23.2 Å². The van der Waals surface area contributed by atoms with Crippen LogP contribution in [0.5, 0.6) is 5.75 Å². The van der Waals surface area contributed by atoms with E-state index in [1.807, 2.05) is 78.9 Å². The molecule has 0 saturated heterocycles. The van der Waals surface area contributed by atoms with Crippen molar-refractivity contribution in [1.82, 2.24) is 4.90 Å². The molecule has 7 heteroatoms. The van der Waals surface area contributed by atoms with Gasteiger partial charge in [0.1, 0.15) is 18.1 Å². The number of hydrogen-bond acceptors (Lipinski definition) is 6. The summed E-state index contributed by atoms with van der Waals surface area (Å²) in [5, 5.41) is 10.2. The summed E-state index contributed by atoms with van der Waals surface area (Å²) in [5.41, 5.74) is 0.186. The van der Waals surface area contributed by atoms with Crippen LogP contribution in [0.4, 0.5) is 4.79 Å². The van der Waals surface area contributed by atoms with Gasteiger partial charge in [-0.2, -0.15) is 0 Å². The topological polar surface area (TPSA) is 85.3 Å². The molecule has 1 amide bonds. The van der Waals surface area contributed by atoms with Crippen LogP contribution in [0.3, 0.4) is 0 Å². The van der Waals surface area contributed by atoms with Crippen molar-refractivity contribution in [2.45, 2.75) is 51.2 Å². The molecule has 0 aliphatic carbocycles. The average Bonchev–Trinajstić information content (AvgIpc) is 2.92. The minimum atomic E-state index is -1.48. The first kappa shape index (κ1) is 30.4. The maximum absolute atomic E-state index is 14.1. The number of amides is 1. The summed E-state index contributed by atoms with van der Waals surface area (Å²) in [5.74, 6) is -0.456. The van der Waals surface area contributed by atoms with Gasteiger partial charge in [0.2, 0.25) is 0 Å². The van der Waals surface area contributed by atoms with E-state index in [2.05, 4.69) is 0 Å². The molecule has 7 nitrogen and oxygen atoms in total. The molecule has 0 aliphatic rings. The number of phenols is 1. The number of nitrogens with zero attached hydrogens (tertiary/aromatic N) is 1. The molecule has 0 aliphatic heterocycles. The zero-order valence-electron chi connectivity index (χ0n) is 23.7. The summed E-state index contributed by atoms with van der Waals surface area (Å²) in [4.78, 5) is 29.1. The minimum absolute atomic E-state index is 0.0183. The van der Waals surface area contributed by atoms with Crippen LogP contribution in [-0.4, -0.2) is 53.7 Å². The molecule has 0 spiro atoms. The van der Waals surface area contributed by atoms with Crippen LogP contribution < -0.4 is 0 Å². The Morgan fingerprint density at radius 2 is 1.52 bits per heavy atom. The van der Waals surface area contributed by atoms with Crippen molar-refractivity contribution in [1.29, 1.82) is 0 Å². The molecule has 0 radical (unpaired) electrons. The van der Waals surface area contributed by atoms with Crippen molar-refractivity contribution in [2.75, 3.05) is 20.4 Å². The fraction of sp³-hybridized carbons (Fsp3) is 0.333. The van der Waals surface area contributed by atoms with Crippen molar-refractivity contribution in [3.05, 3.63) is 108 Å². The SMILES string of the molecule is COCN(C(=O)OC(C)(C)C)[C@@](CC=Cc1ccccc1)(Cc1ccccc1)C(=O)OCCc1ccccc1O. The molecule has 1 N–H and O–H groups in total. The van der Waals surface area contributed by atoms with Gasteiger partial charge >= 0.3 is 12.1 Å². The quantitative estimate of drug-likeness (QED) is 0.209. The monoisotopic (exact) mass is 545 g/mol. The molecule has 3 aromatic rings.